The molecule has 2 N–H and O–H groups in total. The van der Waals surface area contributed by atoms with E-state index in [4.69, 9.17) is 10.7 Å². The minimum Gasteiger partial charge on any atom is -0.384 e. The van der Waals surface area contributed by atoms with Crippen molar-refractivity contribution in [2.45, 2.75) is 76.7 Å². The van der Waals surface area contributed by atoms with Gasteiger partial charge in [-0.05, 0) is 32.1 Å². The normalized spacial score (nSPS) is 21.4. The first-order chi connectivity index (χ1) is 8.81. The molecule has 0 saturated heterocycles. The minimum absolute atomic E-state index is 0.667. The van der Waals surface area contributed by atoms with E-state index in [-0.39, 0.29) is 0 Å². The van der Waals surface area contributed by atoms with Gasteiger partial charge in [-0.2, -0.15) is 0 Å². The molecular formula is C15H25N3. The van der Waals surface area contributed by atoms with E-state index in [1.165, 1.54) is 56.5 Å². The largest absolute Gasteiger partial charge is 0.384 e. The maximum absolute atomic E-state index is 6.34. The molecule has 1 aromatic rings. The van der Waals surface area contributed by atoms with Crippen LogP contribution in [0.3, 0.4) is 0 Å². The fraction of sp³-hybridized carbons (Fsp3) is 0.800. The lowest BCUT2D eigenvalue weighted by atomic mass is 9.88. The topological polar surface area (TPSA) is 43.8 Å². The van der Waals surface area contributed by atoms with Crippen molar-refractivity contribution in [2.75, 3.05) is 5.73 Å². The van der Waals surface area contributed by atoms with Gasteiger partial charge in [0, 0.05) is 18.4 Å². The lowest BCUT2D eigenvalue weighted by molar-refractivity contribution is 0.415. The number of nitrogens with two attached hydrogens (primary N) is 1. The van der Waals surface area contributed by atoms with E-state index in [1.54, 1.807) is 0 Å². The zero-order valence-corrected chi connectivity index (χ0v) is 11.5. The van der Waals surface area contributed by atoms with E-state index in [1.807, 2.05) is 0 Å². The molecule has 0 atom stereocenters. The maximum Gasteiger partial charge on any atom is 0.127 e. The Labute approximate surface area is 110 Å². The van der Waals surface area contributed by atoms with Crippen LogP contribution in [-0.2, 0) is 6.54 Å². The van der Waals surface area contributed by atoms with E-state index in [0.717, 1.165) is 18.8 Å². The number of imidazole rings is 1. The fourth-order valence-electron chi connectivity index (χ4n) is 3.29. The number of rotatable bonds is 4. The summed E-state index contributed by atoms with van der Waals surface area (Å²) in [6.07, 6.45) is 10.5. The highest BCUT2D eigenvalue weighted by Gasteiger charge is 2.32. The third-order valence-corrected chi connectivity index (χ3v) is 4.45. The smallest absolute Gasteiger partial charge is 0.127 e. The van der Waals surface area contributed by atoms with E-state index in [2.05, 4.69) is 11.5 Å². The SMILES string of the molecule is CCCn1c(C2CCCCC2)nc(C2CC2)c1N. The second-order valence-electron chi connectivity index (χ2n) is 6.00. The maximum atomic E-state index is 6.34. The molecule has 1 heterocycles. The van der Waals surface area contributed by atoms with Gasteiger partial charge in [0.1, 0.15) is 11.6 Å². The van der Waals surface area contributed by atoms with Crippen LogP contribution in [0, 0.1) is 0 Å². The first kappa shape index (κ1) is 12.1. The Morgan fingerprint density at radius 3 is 2.44 bits per heavy atom. The van der Waals surface area contributed by atoms with Crippen molar-refractivity contribution in [3.63, 3.8) is 0 Å². The Bertz CT molecular complexity index is 412. The van der Waals surface area contributed by atoms with E-state index < -0.39 is 0 Å². The molecule has 2 aliphatic rings. The third-order valence-electron chi connectivity index (χ3n) is 4.45. The zero-order chi connectivity index (χ0) is 12.5. The van der Waals surface area contributed by atoms with Crippen LogP contribution >= 0.6 is 0 Å². The Balaban J connectivity index is 1.92. The van der Waals surface area contributed by atoms with Gasteiger partial charge in [0.15, 0.2) is 0 Å². The van der Waals surface area contributed by atoms with Crippen molar-refractivity contribution in [1.82, 2.24) is 9.55 Å². The Kier molecular flexibility index (Phi) is 3.31. The van der Waals surface area contributed by atoms with Crippen molar-refractivity contribution in [2.24, 2.45) is 0 Å². The first-order valence-electron chi connectivity index (χ1n) is 7.67. The predicted octanol–water partition coefficient (Wildman–Crippen LogP) is 3.80. The van der Waals surface area contributed by atoms with Crippen LogP contribution in [0.4, 0.5) is 5.82 Å². The summed E-state index contributed by atoms with van der Waals surface area (Å²) in [7, 11) is 0. The summed E-state index contributed by atoms with van der Waals surface area (Å²) < 4.78 is 2.32. The van der Waals surface area contributed by atoms with Crippen molar-refractivity contribution >= 4 is 5.82 Å². The average molecular weight is 247 g/mol. The third kappa shape index (κ3) is 2.15. The predicted molar refractivity (Wildman–Crippen MR) is 74.7 cm³/mol. The first-order valence-corrected chi connectivity index (χ1v) is 7.67. The number of anilines is 1. The lowest BCUT2D eigenvalue weighted by Crippen LogP contribution is -2.13. The molecule has 0 unspecified atom stereocenters. The molecule has 3 nitrogen and oxygen atoms in total. The molecule has 0 radical (unpaired) electrons. The van der Waals surface area contributed by atoms with Crippen LogP contribution in [-0.4, -0.2) is 9.55 Å². The second kappa shape index (κ2) is 4.94. The summed E-state index contributed by atoms with van der Waals surface area (Å²) in [6.45, 7) is 3.26. The molecule has 2 aliphatic carbocycles. The van der Waals surface area contributed by atoms with Gasteiger partial charge in [0.2, 0.25) is 0 Å². The fourth-order valence-corrected chi connectivity index (χ4v) is 3.29. The number of nitrogens with zero attached hydrogens (tertiary/aromatic N) is 2. The van der Waals surface area contributed by atoms with Crippen LogP contribution in [0.5, 0.6) is 0 Å². The van der Waals surface area contributed by atoms with Crippen molar-refractivity contribution in [3.05, 3.63) is 11.5 Å². The highest BCUT2D eigenvalue weighted by atomic mass is 15.1. The Morgan fingerprint density at radius 2 is 1.83 bits per heavy atom. The van der Waals surface area contributed by atoms with Gasteiger partial charge < -0.3 is 10.3 Å². The Hall–Kier alpha value is -0.990. The van der Waals surface area contributed by atoms with Crippen molar-refractivity contribution in [1.29, 1.82) is 0 Å². The lowest BCUT2D eigenvalue weighted by Gasteiger charge is -2.22. The molecule has 0 aliphatic heterocycles. The molecule has 2 fully saturated rings. The van der Waals surface area contributed by atoms with E-state index in [9.17, 15) is 0 Å². The number of hydrogen-bond donors (Lipinski definition) is 1. The average Bonchev–Trinajstić information content (AvgIpc) is 3.19. The number of aromatic nitrogens is 2. The van der Waals surface area contributed by atoms with Gasteiger partial charge >= 0.3 is 0 Å². The number of hydrogen-bond acceptors (Lipinski definition) is 2. The summed E-state index contributed by atoms with van der Waals surface area (Å²) in [5, 5.41) is 0. The molecule has 0 aromatic carbocycles. The highest BCUT2D eigenvalue weighted by molar-refractivity contribution is 5.43. The molecule has 3 rings (SSSR count). The van der Waals surface area contributed by atoms with Gasteiger partial charge in [-0.15, -0.1) is 0 Å². The molecule has 1 aromatic heterocycles. The molecule has 0 spiro atoms. The van der Waals surface area contributed by atoms with Crippen LogP contribution in [0.25, 0.3) is 0 Å². The molecule has 100 valence electrons. The summed E-state index contributed by atoms with van der Waals surface area (Å²) in [5.41, 5.74) is 7.55. The summed E-state index contributed by atoms with van der Waals surface area (Å²) >= 11 is 0. The summed E-state index contributed by atoms with van der Waals surface area (Å²) in [4.78, 5) is 4.95. The summed E-state index contributed by atoms with van der Waals surface area (Å²) in [5.74, 6) is 3.61. The van der Waals surface area contributed by atoms with Crippen LogP contribution < -0.4 is 5.73 Å². The molecule has 3 heteroatoms. The molecular weight excluding hydrogens is 222 g/mol. The standard InChI is InChI=1S/C15H25N3/c1-2-10-18-14(16)13(11-8-9-11)17-15(18)12-6-4-3-5-7-12/h11-12H,2-10,16H2,1H3. The summed E-state index contributed by atoms with van der Waals surface area (Å²) in [6, 6.07) is 0. The molecule has 0 amide bonds. The van der Waals surface area contributed by atoms with E-state index in [0.29, 0.717) is 11.8 Å². The second-order valence-corrected chi connectivity index (χ2v) is 6.00. The van der Waals surface area contributed by atoms with Crippen molar-refractivity contribution in [3.8, 4) is 0 Å². The van der Waals surface area contributed by atoms with E-state index >= 15 is 0 Å². The van der Waals surface area contributed by atoms with Crippen molar-refractivity contribution < 1.29 is 0 Å². The molecule has 2 saturated carbocycles. The minimum atomic E-state index is 0.667. The highest BCUT2D eigenvalue weighted by Crippen LogP contribution is 2.44. The van der Waals surface area contributed by atoms with Crippen LogP contribution in [0.15, 0.2) is 0 Å². The molecule has 0 bridgehead atoms. The van der Waals surface area contributed by atoms with Gasteiger partial charge in [-0.25, -0.2) is 4.98 Å². The van der Waals surface area contributed by atoms with Gasteiger partial charge in [-0.3, -0.25) is 0 Å². The quantitative estimate of drug-likeness (QED) is 0.879. The van der Waals surface area contributed by atoms with Crippen LogP contribution in [0.1, 0.15) is 81.6 Å². The molecule has 18 heavy (non-hydrogen) atoms. The van der Waals surface area contributed by atoms with Gasteiger partial charge in [-0.1, -0.05) is 26.2 Å². The Morgan fingerprint density at radius 1 is 1.11 bits per heavy atom. The van der Waals surface area contributed by atoms with Gasteiger partial charge in [0.05, 0.1) is 5.69 Å². The van der Waals surface area contributed by atoms with Gasteiger partial charge in [0.25, 0.3) is 0 Å². The van der Waals surface area contributed by atoms with Crippen LogP contribution in [0.2, 0.25) is 0 Å². The monoisotopic (exact) mass is 247 g/mol. The zero-order valence-electron chi connectivity index (χ0n) is 11.5. The number of nitrogen functional groups attached to an aromatic ring is 1.